The van der Waals surface area contributed by atoms with E-state index in [0.29, 0.717) is 26.0 Å². The zero-order valence-electron chi connectivity index (χ0n) is 6.20. The third-order valence-corrected chi connectivity index (χ3v) is 3.00. The van der Waals surface area contributed by atoms with E-state index >= 15 is 0 Å². The molecule has 66 valence electrons. The van der Waals surface area contributed by atoms with Crippen molar-refractivity contribution in [1.82, 2.24) is 0 Å². The van der Waals surface area contributed by atoms with Gasteiger partial charge < -0.3 is 10.5 Å². The van der Waals surface area contributed by atoms with Crippen LogP contribution < -0.4 is 10.5 Å². The van der Waals surface area contributed by atoms with Crippen LogP contribution in [0.4, 0.5) is 5.69 Å². The highest BCUT2D eigenvalue weighted by molar-refractivity contribution is 9.10. The number of hydrogen-bond donors (Lipinski definition) is 1. The lowest BCUT2D eigenvalue weighted by Gasteiger charge is -2.08. The molecule has 0 aliphatic carbocycles. The lowest BCUT2D eigenvalue weighted by Crippen LogP contribution is -1.92. The Balaban J connectivity index is 3.39. The lowest BCUT2D eigenvalue weighted by atomic mass is 10.3. The largest absolute Gasteiger partial charge is 0.495 e. The number of nitrogens with two attached hydrogens (primary N) is 1. The number of nitrogen functional groups attached to an aromatic ring is 1. The normalized spacial score (nSPS) is 10.0. The Morgan fingerprint density at radius 3 is 2.58 bits per heavy atom. The highest BCUT2D eigenvalue weighted by Crippen LogP contribution is 2.40. The molecule has 1 rings (SSSR count). The molecule has 0 saturated heterocycles. The summed E-state index contributed by atoms with van der Waals surface area (Å²) in [5.41, 5.74) is 6.01. The molecule has 0 amide bonds. The smallest absolute Gasteiger partial charge is 0.136 e. The van der Waals surface area contributed by atoms with E-state index in [1.165, 1.54) is 7.11 Å². The first-order valence-corrected chi connectivity index (χ1v) is 4.59. The second-order valence-corrected chi connectivity index (χ2v) is 3.68. The van der Waals surface area contributed by atoms with Gasteiger partial charge in [0, 0.05) is 6.07 Å². The molecular weight excluding hydrogens is 265 g/mol. The van der Waals surface area contributed by atoms with Crippen LogP contribution in [0.15, 0.2) is 10.5 Å². The van der Waals surface area contributed by atoms with Crippen molar-refractivity contribution < 1.29 is 4.74 Å². The van der Waals surface area contributed by atoms with Crippen molar-refractivity contribution in [1.29, 1.82) is 0 Å². The summed E-state index contributed by atoms with van der Waals surface area (Å²) >= 11 is 14.8. The van der Waals surface area contributed by atoms with E-state index in [1.54, 1.807) is 6.07 Å². The molecule has 0 aromatic heterocycles. The molecule has 0 atom stereocenters. The van der Waals surface area contributed by atoms with Crippen molar-refractivity contribution in [3.05, 3.63) is 20.6 Å². The number of halogens is 3. The van der Waals surface area contributed by atoms with E-state index in [9.17, 15) is 0 Å². The van der Waals surface area contributed by atoms with Gasteiger partial charge in [-0.2, -0.15) is 0 Å². The summed E-state index contributed by atoms with van der Waals surface area (Å²) < 4.78 is 5.62. The van der Waals surface area contributed by atoms with E-state index < -0.39 is 0 Å². The molecule has 0 heterocycles. The molecule has 0 fully saturated rings. The molecule has 2 N–H and O–H groups in total. The standard InChI is InChI=1S/C7H6BrCl2NO/c1-12-4-2-3(9)6(10)7(11)5(4)8/h2H,11H2,1H3. The van der Waals surface area contributed by atoms with Crippen LogP contribution >= 0.6 is 39.1 Å². The Morgan fingerprint density at radius 1 is 1.50 bits per heavy atom. The van der Waals surface area contributed by atoms with Crippen LogP contribution in [0.5, 0.6) is 5.75 Å². The maximum atomic E-state index is 5.77. The topological polar surface area (TPSA) is 35.2 Å². The van der Waals surface area contributed by atoms with Crippen LogP contribution in [-0.4, -0.2) is 7.11 Å². The van der Waals surface area contributed by atoms with E-state index in [1.807, 2.05) is 0 Å². The first kappa shape index (κ1) is 9.96. The Morgan fingerprint density at radius 2 is 2.08 bits per heavy atom. The highest BCUT2D eigenvalue weighted by Gasteiger charge is 2.11. The van der Waals surface area contributed by atoms with Gasteiger partial charge in [0.2, 0.25) is 0 Å². The number of rotatable bonds is 1. The van der Waals surface area contributed by atoms with Gasteiger partial charge in [-0.1, -0.05) is 23.2 Å². The fourth-order valence-electron chi connectivity index (χ4n) is 0.748. The quantitative estimate of drug-likeness (QED) is 0.628. The fourth-order valence-corrected chi connectivity index (χ4v) is 1.69. The second kappa shape index (κ2) is 3.73. The molecule has 0 unspecified atom stereocenters. The minimum atomic E-state index is 0.337. The van der Waals surface area contributed by atoms with E-state index in [4.69, 9.17) is 33.7 Å². The van der Waals surface area contributed by atoms with E-state index in [0.717, 1.165) is 0 Å². The number of hydrogen-bond acceptors (Lipinski definition) is 2. The van der Waals surface area contributed by atoms with Crippen molar-refractivity contribution in [2.24, 2.45) is 0 Å². The number of benzene rings is 1. The SMILES string of the molecule is COc1cc(Cl)c(Cl)c(N)c1Br. The van der Waals surface area contributed by atoms with Crippen LogP contribution in [0.25, 0.3) is 0 Å². The first-order chi connectivity index (χ1) is 5.57. The highest BCUT2D eigenvalue weighted by atomic mass is 79.9. The molecule has 0 spiro atoms. The molecule has 0 radical (unpaired) electrons. The van der Waals surface area contributed by atoms with Gasteiger partial charge in [0.1, 0.15) is 5.75 Å². The summed E-state index contributed by atoms with van der Waals surface area (Å²) in [4.78, 5) is 0. The van der Waals surface area contributed by atoms with Crippen LogP contribution in [0.2, 0.25) is 10.0 Å². The van der Waals surface area contributed by atoms with Crippen LogP contribution in [0.1, 0.15) is 0 Å². The van der Waals surface area contributed by atoms with Crippen molar-refractivity contribution in [3.8, 4) is 5.75 Å². The summed E-state index contributed by atoms with van der Waals surface area (Å²) in [5, 5.41) is 0.721. The summed E-state index contributed by atoms with van der Waals surface area (Å²) in [5.74, 6) is 0.571. The predicted molar refractivity (Wildman–Crippen MR) is 55.1 cm³/mol. The van der Waals surface area contributed by atoms with E-state index in [2.05, 4.69) is 15.9 Å². The maximum Gasteiger partial charge on any atom is 0.136 e. The molecule has 5 heteroatoms. The molecule has 1 aromatic rings. The zero-order chi connectivity index (χ0) is 9.30. The predicted octanol–water partition coefficient (Wildman–Crippen LogP) is 3.35. The van der Waals surface area contributed by atoms with Crippen molar-refractivity contribution in [2.45, 2.75) is 0 Å². The molecule has 0 aliphatic heterocycles. The van der Waals surface area contributed by atoms with Gasteiger partial charge >= 0.3 is 0 Å². The van der Waals surface area contributed by atoms with Crippen molar-refractivity contribution in [2.75, 3.05) is 12.8 Å². The number of ether oxygens (including phenoxy) is 1. The van der Waals surface area contributed by atoms with Crippen LogP contribution in [0.3, 0.4) is 0 Å². The number of methoxy groups -OCH3 is 1. The molecule has 1 aromatic carbocycles. The summed E-state index contributed by atoms with van der Waals surface area (Å²) in [7, 11) is 1.53. The minimum Gasteiger partial charge on any atom is -0.495 e. The number of anilines is 1. The summed E-state index contributed by atoms with van der Waals surface area (Å²) in [6, 6.07) is 1.60. The van der Waals surface area contributed by atoms with Crippen molar-refractivity contribution in [3.63, 3.8) is 0 Å². The Kier molecular flexibility index (Phi) is 3.09. The van der Waals surface area contributed by atoms with E-state index in [-0.39, 0.29) is 0 Å². The van der Waals surface area contributed by atoms with Gasteiger partial charge in [-0.25, -0.2) is 0 Å². The zero-order valence-corrected chi connectivity index (χ0v) is 9.29. The molecule has 0 aliphatic rings. The van der Waals surface area contributed by atoms with Crippen LogP contribution in [0, 0.1) is 0 Å². The molecule has 0 saturated carbocycles. The second-order valence-electron chi connectivity index (χ2n) is 2.10. The van der Waals surface area contributed by atoms with Gasteiger partial charge in [-0.05, 0) is 15.9 Å². The average molecular weight is 271 g/mol. The first-order valence-electron chi connectivity index (χ1n) is 3.05. The Labute approximate surface area is 88.7 Å². The third-order valence-electron chi connectivity index (χ3n) is 1.38. The van der Waals surface area contributed by atoms with Gasteiger partial charge in [0.05, 0.1) is 27.3 Å². The van der Waals surface area contributed by atoms with Gasteiger partial charge in [-0.3, -0.25) is 0 Å². The van der Waals surface area contributed by atoms with Gasteiger partial charge in [-0.15, -0.1) is 0 Å². The molecular formula is C7H6BrCl2NO. The fraction of sp³-hybridized carbons (Fsp3) is 0.143. The Bertz CT molecular complexity index is 317. The monoisotopic (exact) mass is 269 g/mol. The molecule has 2 nitrogen and oxygen atoms in total. The molecule has 12 heavy (non-hydrogen) atoms. The Hall–Kier alpha value is -0.120. The minimum absolute atomic E-state index is 0.337. The average Bonchev–Trinajstić information content (AvgIpc) is 2.08. The summed E-state index contributed by atoms with van der Waals surface area (Å²) in [6.45, 7) is 0. The summed E-state index contributed by atoms with van der Waals surface area (Å²) in [6.07, 6.45) is 0. The van der Waals surface area contributed by atoms with Gasteiger partial charge in [0.15, 0.2) is 0 Å². The third kappa shape index (κ3) is 1.63. The van der Waals surface area contributed by atoms with Gasteiger partial charge in [0.25, 0.3) is 0 Å². The lowest BCUT2D eigenvalue weighted by molar-refractivity contribution is 0.412. The van der Waals surface area contributed by atoms with Crippen LogP contribution in [-0.2, 0) is 0 Å². The molecule has 0 bridgehead atoms. The van der Waals surface area contributed by atoms with Crippen molar-refractivity contribution >= 4 is 44.8 Å². The maximum absolute atomic E-state index is 5.77.